The number of rotatable bonds is 4. The van der Waals surface area contributed by atoms with Crippen LogP contribution >= 0.6 is 67.8 Å². The van der Waals surface area contributed by atoms with E-state index in [0.29, 0.717) is 12.4 Å². The lowest BCUT2D eigenvalue weighted by atomic mass is 10.2. The van der Waals surface area contributed by atoms with Crippen LogP contribution in [0.5, 0.6) is 11.5 Å². The Kier molecular flexibility index (Phi) is 5.94. The van der Waals surface area contributed by atoms with Crippen LogP contribution in [-0.2, 0) is 6.61 Å². The number of halogens is 3. The summed E-state index contributed by atoms with van der Waals surface area (Å²) in [6.45, 7) is 0.333. The van der Waals surface area contributed by atoms with E-state index in [9.17, 15) is 9.90 Å². The molecule has 4 nitrogen and oxygen atoms in total. The lowest BCUT2D eigenvalue weighted by Gasteiger charge is -2.14. The molecule has 1 N–H and O–H groups in total. The highest BCUT2D eigenvalue weighted by molar-refractivity contribution is 14.1. The minimum atomic E-state index is -1.23. The number of ether oxygens (including phenoxy) is 1. The van der Waals surface area contributed by atoms with Crippen LogP contribution in [0.25, 0.3) is 0 Å². The molecule has 110 valence electrons. The topological polar surface area (TPSA) is 69.6 Å². The van der Waals surface area contributed by atoms with Gasteiger partial charge in [0.25, 0.3) is 0 Å². The molecule has 0 unspecified atom stereocenters. The fourth-order valence-corrected chi connectivity index (χ4v) is 5.53. The summed E-state index contributed by atoms with van der Waals surface area (Å²) in [7, 11) is 0. The van der Waals surface area contributed by atoms with Crippen molar-refractivity contribution in [3.8, 4) is 11.5 Å². The maximum atomic E-state index is 11.6. The van der Waals surface area contributed by atoms with Gasteiger partial charge < -0.3 is 14.9 Å². The standard InChI is InChI=1S/C14H9I3O4/c15-7-3-11(16)10(12(17)4-7)6-21-8-1-2-9(14(19)20)13(18)5-8/h1-5,18H,6H2,(H,19,20)/p-1. The number of carbonyl (C=O) groups is 1. The van der Waals surface area contributed by atoms with Crippen LogP contribution in [0.3, 0.4) is 0 Å². The highest BCUT2D eigenvalue weighted by Gasteiger charge is 2.09. The predicted octanol–water partition coefficient (Wildman–Crippen LogP) is 3.85. The molecule has 2 rings (SSSR count). The molecule has 0 radical (unpaired) electrons. The van der Waals surface area contributed by atoms with Crippen molar-refractivity contribution in [1.29, 1.82) is 0 Å². The van der Waals surface area contributed by atoms with Crippen molar-refractivity contribution in [1.82, 2.24) is 0 Å². The van der Waals surface area contributed by atoms with Crippen molar-refractivity contribution < 1.29 is 19.7 Å². The normalized spacial score (nSPS) is 10.4. The fourth-order valence-electron chi connectivity index (χ4n) is 1.63. The highest BCUT2D eigenvalue weighted by Crippen LogP contribution is 2.26. The average Bonchev–Trinajstić information content (AvgIpc) is 2.36. The van der Waals surface area contributed by atoms with Gasteiger partial charge in [-0.05, 0) is 98.1 Å². The maximum absolute atomic E-state index is 11.6. The molecule has 0 atom stereocenters. The second kappa shape index (κ2) is 7.31. The first kappa shape index (κ1) is 17.1. The molecule has 0 heterocycles. The molecular weight excluding hydrogens is 613 g/mol. The zero-order valence-electron chi connectivity index (χ0n) is 10.4. The van der Waals surface area contributed by atoms with Gasteiger partial charge >= 0.3 is 5.97 Å². The van der Waals surface area contributed by atoms with Gasteiger partial charge in [-0.1, -0.05) is 5.75 Å². The van der Waals surface area contributed by atoms with Crippen LogP contribution in [0.1, 0.15) is 15.9 Å². The molecule has 2 aromatic carbocycles. The molecule has 21 heavy (non-hydrogen) atoms. The Morgan fingerprint density at radius 1 is 1.14 bits per heavy atom. The molecule has 0 amide bonds. The van der Waals surface area contributed by atoms with Crippen LogP contribution in [0.4, 0.5) is 0 Å². The molecule has 7 heteroatoms. The molecule has 0 aromatic heterocycles. The molecule has 2 aromatic rings. The molecule has 0 aliphatic rings. The van der Waals surface area contributed by atoms with Crippen molar-refractivity contribution in [3.05, 3.63) is 52.2 Å². The molecule has 0 saturated heterocycles. The number of aromatic carboxylic acids is 1. The van der Waals surface area contributed by atoms with E-state index < -0.39 is 11.7 Å². The zero-order chi connectivity index (χ0) is 15.6. The number of benzene rings is 2. The fraction of sp³-hybridized carbons (Fsp3) is 0.0714. The zero-order valence-corrected chi connectivity index (χ0v) is 16.9. The maximum Gasteiger partial charge on any atom is 0.335 e. The van der Waals surface area contributed by atoms with Crippen molar-refractivity contribution in [2.24, 2.45) is 0 Å². The van der Waals surface area contributed by atoms with E-state index in [1.165, 1.54) is 18.2 Å². The molecule has 0 saturated carbocycles. The summed E-state index contributed by atoms with van der Waals surface area (Å²) in [6, 6.07) is 8.07. The van der Waals surface area contributed by atoms with Gasteiger partial charge in [0, 0.05) is 16.3 Å². The van der Waals surface area contributed by atoms with Crippen molar-refractivity contribution in [2.75, 3.05) is 0 Å². The van der Waals surface area contributed by atoms with Gasteiger partial charge in [-0.3, -0.25) is 0 Å². The van der Waals surface area contributed by atoms with Gasteiger partial charge in [0.2, 0.25) is 0 Å². The predicted molar refractivity (Wildman–Crippen MR) is 102 cm³/mol. The largest absolute Gasteiger partial charge is 0.872 e. The van der Waals surface area contributed by atoms with E-state index in [-0.39, 0.29) is 5.56 Å². The lowest BCUT2D eigenvalue weighted by molar-refractivity contribution is -0.268. The van der Waals surface area contributed by atoms with Gasteiger partial charge in [-0.25, -0.2) is 4.79 Å². The Hall–Kier alpha value is -0.300. The summed E-state index contributed by atoms with van der Waals surface area (Å²) in [5.41, 5.74) is 0.798. The molecule has 0 spiro atoms. The van der Waals surface area contributed by atoms with Crippen LogP contribution in [-0.4, -0.2) is 11.1 Å². The average molecular weight is 621 g/mol. The Balaban J connectivity index is 2.17. The molecule has 0 aliphatic carbocycles. The monoisotopic (exact) mass is 621 g/mol. The van der Waals surface area contributed by atoms with Gasteiger partial charge in [0.15, 0.2) is 0 Å². The SMILES string of the molecule is O=C(O)c1ccc(OCc2c(I)cc(I)cc2I)cc1[O-]. The van der Waals surface area contributed by atoms with Crippen LogP contribution < -0.4 is 9.84 Å². The van der Waals surface area contributed by atoms with Gasteiger partial charge in [0.1, 0.15) is 12.4 Å². The second-order valence-corrected chi connectivity index (χ2v) is 7.67. The van der Waals surface area contributed by atoms with Gasteiger partial charge in [0.05, 0.1) is 5.56 Å². The second-order valence-electron chi connectivity index (χ2n) is 4.10. The van der Waals surface area contributed by atoms with E-state index >= 15 is 0 Å². The third kappa shape index (κ3) is 4.34. The first-order valence-corrected chi connectivity index (χ1v) is 8.92. The van der Waals surface area contributed by atoms with Crippen molar-refractivity contribution in [2.45, 2.75) is 6.61 Å². The first-order chi connectivity index (χ1) is 9.88. The number of carboxylic acid groups (broad SMARTS) is 1. The smallest absolute Gasteiger partial charge is 0.335 e. The highest BCUT2D eigenvalue weighted by atomic mass is 127. The Morgan fingerprint density at radius 2 is 1.76 bits per heavy atom. The summed E-state index contributed by atoms with van der Waals surface area (Å²) in [5, 5.41) is 20.4. The van der Waals surface area contributed by atoms with Crippen molar-refractivity contribution >= 4 is 73.7 Å². The molecular formula is C14H8I3O4-. The Labute approximate surface area is 162 Å². The Morgan fingerprint density at radius 3 is 2.29 bits per heavy atom. The van der Waals surface area contributed by atoms with E-state index in [0.717, 1.165) is 16.3 Å². The van der Waals surface area contributed by atoms with E-state index in [4.69, 9.17) is 9.84 Å². The van der Waals surface area contributed by atoms with Gasteiger partial charge in [-0.15, -0.1) is 0 Å². The van der Waals surface area contributed by atoms with Crippen LogP contribution in [0.15, 0.2) is 30.3 Å². The summed E-state index contributed by atoms with van der Waals surface area (Å²) >= 11 is 6.75. The van der Waals surface area contributed by atoms with Gasteiger partial charge in [-0.2, -0.15) is 0 Å². The van der Waals surface area contributed by atoms with E-state index in [2.05, 4.69) is 79.9 Å². The summed E-state index contributed by atoms with van der Waals surface area (Å²) in [6.07, 6.45) is 0. The van der Waals surface area contributed by atoms with Crippen LogP contribution in [0, 0.1) is 10.7 Å². The summed E-state index contributed by atoms with van der Waals surface area (Å²) in [5.74, 6) is -1.41. The third-order valence-corrected chi connectivity index (χ3v) is 5.22. The quantitative estimate of drug-likeness (QED) is 0.528. The summed E-state index contributed by atoms with van der Waals surface area (Å²) < 4.78 is 8.94. The summed E-state index contributed by atoms with van der Waals surface area (Å²) in [4.78, 5) is 10.8. The molecule has 0 aliphatic heterocycles. The Bertz CT molecular complexity index is 678. The molecule has 0 bridgehead atoms. The lowest BCUT2D eigenvalue weighted by Crippen LogP contribution is -2.05. The van der Waals surface area contributed by atoms with Crippen molar-refractivity contribution in [3.63, 3.8) is 0 Å². The first-order valence-electron chi connectivity index (χ1n) is 5.69. The minimum absolute atomic E-state index is 0.249. The number of hydrogen-bond acceptors (Lipinski definition) is 3. The van der Waals surface area contributed by atoms with Crippen LogP contribution in [0.2, 0.25) is 0 Å². The minimum Gasteiger partial charge on any atom is -0.872 e. The van der Waals surface area contributed by atoms with E-state index in [1.54, 1.807) is 0 Å². The van der Waals surface area contributed by atoms with E-state index in [1.807, 2.05) is 0 Å². The number of carboxylic acids is 1. The third-order valence-electron chi connectivity index (χ3n) is 2.67. The molecule has 0 fully saturated rings. The number of hydrogen-bond donors (Lipinski definition) is 1.